The van der Waals surface area contributed by atoms with Gasteiger partial charge in [0.2, 0.25) is 0 Å². The number of amides is 1. The van der Waals surface area contributed by atoms with Gasteiger partial charge in [-0.3, -0.25) is 4.79 Å². The molecule has 0 spiro atoms. The van der Waals surface area contributed by atoms with E-state index in [4.69, 9.17) is 4.74 Å². The maximum atomic E-state index is 13.4. The lowest BCUT2D eigenvalue weighted by atomic mass is 10.1. The van der Waals surface area contributed by atoms with Gasteiger partial charge in [0.1, 0.15) is 11.6 Å². The number of halogens is 1. The number of benzene rings is 2. The van der Waals surface area contributed by atoms with Crippen LogP contribution in [0.4, 0.5) is 4.39 Å². The fraction of sp³-hybridized carbons (Fsp3) is 0.235. The highest BCUT2D eigenvalue weighted by Crippen LogP contribution is 2.32. The molecule has 1 aliphatic carbocycles. The number of carbonyl (C=O) groups is 1. The monoisotopic (exact) mass is 301 g/mol. The Balaban J connectivity index is 1.88. The van der Waals surface area contributed by atoms with Crippen LogP contribution < -0.4 is 10.1 Å². The van der Waals surface area contributed by atoms with Crippen LogP contribution in [0.25, 0.3) is 0 Å². The van der Waals surface area contributed by atoms with Crippen LogP contribution in [0.15, 0.2) is 42.5 Å². The minimum atomic E-state index is -0.694. The van der Waals surface area contributed by atoms with Crippen molar-refractivity contribution < 1.29 is 19.0 Å². The Morgan fingerprint density at radius 3 is 2.86 bits per heavy atom. The quantitative estimate of drug-likeness (QED) is 0.914. The van der Waals surface area contributed by atoms with Gasteiger partial charge in [0.25, 0.3) is 5.91 Å². The third-order valence-electron chi connectivity index (χ3n) is 3.90. The van der Waals surface area contributed by atoms with E-state index in [0.717, 1.165) is 17.2 Å². The number of carbonyl (C=O) groups excluding carboxylic acids is 1. The van der Waals surface area contributed by atoms with Crippen molar-refractivity contribution in [2.45, 2.75) is 18.6 Å². The first-order valence-electron chi connectivity index (χ1n) is 7.00. The van der Waals surface area contributed by atoms with Crippen LogP contribution >= 0.6 is 0 Å². The van der Waals surface area contributed by atoms with Crippen LogP contribution in [0.3, 0.4) is 0 Å². The number of methoxy groups -OCH3 is 1. The van der Waals surface area contributed by atoms with Crippen molar-refractivity contribution in [3.63, 3.8) is 0 Å². The van der Waals surface area contributed by atoms with Crippen molar-refractivity contribution in [2.75, 3.05) is 7.11 Å². The molecule has 4 nitrogen and oxygen atoms in total. The van der Waals surface area contributed by atoms with Crippen molar-refractivity contribution in [3.8, 4) is 5.75 Å². The molecule has 0 bridgehead atoms. The van der Waals surface area contributed by atoms with Gasteiger partial charge < -0.3 is 15.2 Å². The molecular weight excluding hydrogens is 285 g/mol. The van der Waals surface area contributed by atoms with E-state index in [2.05, 4.69) is 5.32 Å². The fourth-order valence-electron chi connectivity index (χ4n) is 2.82. The predicted molar refractivity (Wildman–Crippen MR) is 79.3 cm³/mol. The Morgan fingerprint density at radius 2 is 2.09 bits per heavy atom. The van der Waals surface area contributed by atoms with Crippen LogP contribution in [0, 0.1) is 5.82 Å². The van der Waals surface area contributed by atoms with Crippen molar-refractivity contribution in [1.29, 1.82) is 0 Å². The number of ether oxygens (including phenoxy) is 1. The normalized spacial score (nSPS) is 19.6. The number of rotatable bonds is 3. The van der Waals surface area contributed by atoms with Crippen molar-refractivity contribution >= 4 is 5.91 Å². The third-order valence-corrected chi connectivity index (χ3v) is 3.90. The van der Waals surface area contributed by atoms with Gasteiger partial charge in [0.15, 0.2) is 0 Å². The predicted octanol–water partition coefficient (Wildman–Crippen LogP) is 2.22. The minimum absolute atomic E-state index is 0.110. The number of hydrogen-bond acceptors (Lipinski definition) is 3. The number of aliphatic hydroxyl groups excluding tert-OH is 1. The average molecular weight is 301 g/mol. The Kier molecular flexibility index (Phi) is 3.81. The molecule has 1 aliphatic rings. The van der Waals surface area contributed by atoms with E-state index < -0.39 is 23.9 Å². The highest BCUT2D eigenvalue weighted by Gasteiger charge is 2.32. The van der Waals surface area contributed by atoms with Crippen LogP contribution in [-0.2, 0) is 6.42 Å². The van der Waals surface area contributed by atoms with Crippen LogP contribution in [-0.4, -0.2) is 24.2 Å². The standard InChI is InChI=1S/C17H16FNO3/c1-22-15-7-6-11(18)9-13(15)17(21)19-16-12-5-3-2-4-10(12)8-14(16)20/h2-7,9,14,16,20H,8H2,1H3,(H,19,21)/t14-,16+/m0/s1. The van der Waals surface area contributed by atoms with Crippen molar-refractivity contribution in [2.24, 2.45) is 0 Å². The summed E-state index contributed by atoms with van der Waals surface area (Å²) in [5.74, 6) is -0.699. The van der Waals surface area contributed by atoms with Gasteiger partial charge in [0.05, 0.1) is 24.8 Å². The first kappa shape index (κ1) is 14.5. The van der Waals surface area contributed by atoms with Gasteiger partial charge in [-0.15, -0.1) is 0 Å². The summed E-state index contributed by atoms with van der Waals surface area (Å²) in [6, 6.07) is 10.8. The molecule has 22 heavy (non-hydrogen) atoms. The lowest BCUT2D eigenvalue weighted by molar-refractivity contribution is 0.0855. The van der Waals surface area contributed by atoms with Gasteiger partial charge in [-0.1, -0.05) is 24.3 Å². The molecule has 1 amide bonds. The molecule has 2 aromatic carbocycles. The van der Waals surface area contributed by atoms with Gasteiger partial charge in [-0.05, 0) is 29.3 Å². The van der Waals surface area contributed by atoms with Gasteiger partial charge >= 0.3 is 0 Å². The van der Waals surface area contributed by atoms with E-state index in [1.54, 1.807) is 0 Å². The van der Waals surface area contributed by atoms with Gasteiger partial charge in [-0.25, -0.2) is 4.39 Å². The summed E-state index contributed by atoms with van der Waals surface area (Å²) in [6.07, 6.45) is -0.206. The van der Waals surface area contributed by atoms with Crippen molar-refractivity contribution in [1.82, 2.24) is 5.32 Å². The zero-order valence-electron chi connectivity index (χ0n) is 12.0. The Hall–Kier alpha value is -2.40. The molecule has 5 heteroatoms. The first-order chi connectivity index (χ1) is 10.6. The summed E-state index contributed by atoms with van der Waals surface area (Å²) < 4.78 is 18.5. The number of nitrogens with one attached hydrogen (secondary N) is 1. The number of fused-ring (bicyclic) bond motifs is 1. The molecule has 2 aromatic rings. The maximum Gasteiger partial charge on any atom is 0.255 e. The van der Waals surface area contributed by atoms with E-state index in [1.165, 1.54) is 19.2 Å². The zero-order chi connectivity index (χ0) is 15.7. The fourth-order valence-corrected chi connectivity index (χ4v) is 2.82. The van der Waals surface area contributed by atoms with Crippen LogP contribution in [0.1, 0.15) is 27.5 Å². The SMILES string of the molecule is COc1ccc(F)cc1C(=O)N[C@@H]1c2ccccc2C[C@@H]1O. The van der Waals surface area contributed by atoms with Crippen LogP contribution in [0.2, 0.25) is 0 Å². The molecule has 0 fully saturated rings. The van der Waals surface area contributed by atoms with Crippen LogP contribution in [0.5, 0.6) is 5.75 Å². The second kappa shape index (κ2) is 5.77. The lowest BCUT2D eigenvalue weighted by Crippen LogP contribution is -2.34. The molecule has 2 atom stereocenters. The summed E-state index contributed by atoms with van der Waals surface area (Å²) in [5.41, 5.74) is 2.00. The molecule has 3 rings (SSSR count). The molecule has 0 aromatic heterocycles. The third kappa shape index (κ3) is 2.55. The minimum Gasteiger partial charge on any atom is -0.496 e. The molecule has 0 saturated heterocycles. The van der Waals surface area contributed by atoms with E-state index in [9.17, 15) is 14.3 Å². The van der Waals surface area contributed by atoms with E-state index in [1.807, 2.05) is 24.3 Å². The van der Waals surface area contributed by atoms with Gasteiger partial charge in [0, 0.05) is 6.42 Å². The highest BCUT2D eigenvalue weighted by molar-refractivity contribution is 5.97. The summed E-state index contributed by atoms with van der Waals surface area (Å²) in [5, 5.41) is 12.9. The summed E-state index contributed by atoms with van der Waals surface area (Å²) in [6.45, 7) is 0. The summed E-state index contributed by atoms with van der Waals surface area (Å²) in [7, 11) is 1.42. The molecule has 2 N–H and O–H groups in total. The second-order valence-corrected chi connectivity index (χ2v) is 5.27. The molecule has 114 valence electrons. The highest BCUT2D eigenvalue weighted by atomic mass is 19.1. The lowest BCUT2D eigenvalue weighted by Gasteiger charge is -2.19. The molecule has 0 unspecified atom stereocenters. The van der Waals surface area contributed by atoms with E-state index in [-0.39, 0.29) is 5.56 Å². The Labute approximate surface area is 127 Å². The zero-order valence-corrected chi connectivity index (χ0v) is 12.0. The maximum absolute atomic E-state index is 13.4. The molecule has 0 aliphatic heterocycles. The average Bonchev–Trinajstić information content (AvgIpc) is 2.83. The van der Waals surface area contributed by atoms with Crippen molar-refractivity contribution in [3.05, 3.63) is 65.0 Å². The van der Waals surface area contributed by atoms with Gasteiger partial charge in [-0.2, -0.15) is 0 Å². The molecular formula is C17H16FNO3. The number of aliphatic hydroxyl groups is 1. The Morgan fingerprint density at radius 1 is 1.32 bits per heavy atom. The smallest absolute Gasteiger partial charge is 0.255 e. The second-order valence-electron chi connectivity index (χ2n) is 5.27. The molecule has 0 saturated carbocycles. The molecule has 0 heterocycles. The topological polar surface area (TPSA) is 58.6 Å². The van der Waals surface area contributed by atoms with E-state index in [0.29, 0.717) is 12.2 Å². The molecule has 0 radical (unpaired) electrons. The van der Waals surface area contributed by atoms with E-state index >= 15 is 0 Å². The summed E-state index contributed by atoms with van der Waals surface area (Å²) >= 11 is 0. The first-order valence-corrected chi connectivity index (χ1v) is 7.00. The Bertz CT molecular complexity index is 717. The number of hydrogen-bond donors (Lipinski definition) is 2. The summed E-state index contributed by atoms with van der Waals surface area (Å²) in [4.78, 5) is 12.4. The largest absolute Gasteiger partial charge is 0.496 e.